The molecule has 86 valence electrons. The molecule has 1 heterocycles. The van der Waals surface area contributed by atoms with E-state index in [0.717, 1.165) is 12.8 Å². The highest BCUT2D eigenvalue weighted by Crippen LogP contribution is 2.05. The topological polar surface area (TPSA) is 64.0 Å². The molecular weight excluding hydrogens is 238 g/mol. The average molecular weight is 252 g/mol. The number of halogens is 1. The zero-order valence-corrected chi connectivity index (χ0v) is 10.1. The van der Waals surface area contributed by atoms with Crippen LogP contribution in [0.5, 0.6) is 0 Å². The molecule has 1 aromatic heterocycles. The molecule has 1 rings (SSSR count). The molecule has 7 heteroatoms. The van der Waals surface area contributed by atoms with Crippen LogP contribution in [0, 0.1) is 0 Å². The monoisotopic (exact) mass is 251 g/mol. The molecule has 0 aromatic carbocycles. The van der Waals surface area contributed by atoms with Crippen molar-refractivity contribution < 1.29 is 8.42 Å². The van der Waals surface area contributed by atoms with Gasteiger partial charge in [-0.2, -0.15) is 5.10 Å². The predicted octanol–water partition coefficient (Wildman–Crippen LogP) is 0.717. The standard InChI is InChI=1S/C8H14ClN3O2S/c1-12-8(4-7-10-12)15(13,14)11-6-3-2-5-9/h4,7,11H,2-3,5-6H2,1H3. The van der Waals surface area contributed by atoms with E-state index in [1.807, 2.05) is 0 Å². The zero-order valence-electron chi connectivity index (χ0n) is 8.48. The van der Waals surface area contributed by atoms with E-state index in [4.69, 9.17) is 11.6 Å². The highest BCUT2D eigenvalue weighted by Gasteiger charge is 2.16. The highest BCUT2D eigenvalue weighted by atomic mass is 35.5. The third-order valence-corrected chi connectivity index (χ3v) is 3.71. The first-order valence-electron chi connectivity index (χ1n) is 4.61. The van der Waals surface area contributed by atoms with Gasteiger partial charge < -0.3 is 0 Å². The lowest BCUT2D eigenvalue weighted by Crippen LogP contribution is -2.26. The normalized spacial score (nSPS) is 11.9. The zero-order chi connectivity index (χ0) is 11.3. The van der Waals surface area contributed by atoms with Crippen LogP contribution in [0.2, 0.25) is 0 Å². The summed E-state index contributed by atoms with van der Waals surface area (Å²) in [7, 11) is -1.83. The van der Waals surface area contributed by atoms with Crippen LogP contribution in [0.1, 0.15) is 12.8 Å². The van der Waals surface area contributed by atoms with E-state index in [2.05, 4.69) is 9.82 Å². The number of aromatic nitrogens is 2. The van der Waals surface area contributed by atoms with Gasteiger partial charge in [0.2, 0.25) is 0 Å². The lowest BCUT2D eigenvalue weighted by molar-refractivity contribution is 0.560. The van der Waals surface area contributed by atoms with Gasteiger partial charge >= 0.3 is 0 Å². The van der Waals surface area contributed by atoms with Gasteiger partial charge in [0.25, 0.3) is 10.0 Å². The molecule has 0 bridgehead atoms. The van der Waals surface area contributed by atoms with E-state index in [0.29, 0.717) is 12.4 Å². The molecule has 5 nitrogen and oxygen atoms in total. The number of rotatable bonds is 6. The van der Waals surface area contributed by atoms with Crippen molar-refractivity contribution in [3.05, 3.63) is 12.3 Å². The molecule has 0 aliphatic carbocycles. The first kappa shape index (κ1) is 12.5. The van der Waals surface area contributed by atoms with Gasteiger partial charge in [0.1, 0.15) is 0 Å². The number of aryl methyl sites for hydroxylation is 1. The van der Waals surface area contributed by atoms with E-state index >= 15 is 0 Å². The number of nitrogens with one attached hydrogen (secondary N) is 1. The summed E-state index contributed by atoms with van der Waals surface area (Å²) in [6.07, 6.45) is 2.99. The maximum atomic E-state index is 11.7. The Morgan fingerprint density at radius 2 is 2.27 bits per heavy atom. The fraction of sp³-hybridized carbons (Fsp3) is 0.625. The van der Waals surface area contributed by atoms with Gasteiger partial charge in [0.15, 0.2) is 5.03 Å². The lowest BCUT2D eigenvalue weighted by Gasteiger charge is -2.05. The molecule has 0 fully saturated rings. The van der Waals surface area contributed by atoms with Crippen LogP contribution in [-0.4, -0.2) is 30.6 Å². The van der Waals surface area contributed by atoms with Gasteiger partial charge in [-0.1, -0.05) is 0 Å². The minimum absolute atomic E-state index is 0.174. The fourth-order valence-electron chi connectivity index (χ4n) is 1.13. The van der Waals surface area contributed by atoms with Crippen LogP contribution < -0.4 is 4.72 Å². The van der Waals surface area contributed by atoms with Gasteiger partial charge in [-0.15, -0.1) is 11.6 Å². The van der Waals surface area contributed by atoms with Crippen molar-refractivity contribution in [1.29, 1.82) is 0 Å². The summed E-state index contributed by atoms with van der Waals surface area (Å²) < 4.78 is 27.2. The average Bonchev–Trinajstić information content (AvgIpc) is 2.60. The highest BCUT2D eigenvalue weighted by molar-refractivity contribution is 7.89. The van der Waals surface area contributed by atoms with Crippen LogP contribution >= 0.6 is 11.6 Å². The maximum Gasteiger partial charge on any atom is 0.257 e. The molecule has 15 heavy (non-hydrogen) atoms. The van der Waals surface area contributed by atoms with E-state index in [1.54, 1.807) is 7.05 Å². The molecule has 0 aliphatic heterocycles. The first-order chi connectivity index (χ1) is 7.08. The molecule has 0 spiro atoms. The van der Waals surface area contributed by atoms with Crippen molar-refractivity contribution in [3.63, 3.8) is 0 Å². The second-order valence-electron chi connectivity index (χ2n) is 3.09. The second kappa shape index (κ2) is 5.48. The second-order valence-corrected chi connectivity index (χ2v) is 5.18. The molecular formula is C8H14ClN3O2S. The molecule has 0 saturated carbocycles. The van der Waals surface area contributed by atoms with Crippen LogP contribution in [0.3, 0.4) is 0 Å². The van der Waals surface area contributed by atoms with Crippen LogP contribution in [0.4, 0.5) is 0 Å². The number of sulfonamides is 1. The van der Waals surface area contributed by atoms with Crippen molar-refractivity contribution in [1.82, 2.24) is 14.5 Å². The van der Waals surface area contributed by atoms with Crippen molar-refractivity contribution in [2.45, 2.75) is 17.9 Å². The lowest BCUT2D eigenvalue weighted by atomic mass is 10.3. The Balaban J connectivity index is 2.57. The van der Waals surface area contributed by atoms with Gasteiger partial charge in [0.05, 0.1) is 6.20 Å². The number of unbranched alkanes of at least 4 members (excludes halogenated alkanes) is 1. The Hall–Kier alpha value is -0.590. The summed E-state index contributed by atoms with van der Waals surface area (Å²) in [4.78, 5) is 0. The Morgan fingerprint density at radius 1 is 1.53 bits per heavy atom. The number of nitrogens with zero attached hydrogens (tertiary/aromatic N) is 2. The molecule has 1 aromatic rings. The molecule has 0 saturated heterocycles. The largest absolute Gasteiger partial charge is 0.257 e. The third kappa shape index (κ3) is 3.48. The molecule has 1 N–H and O–H groups in total. The molecule has 0 atom stereocenters. The van der Waals surface area contributed by atoms with Gasteiger partial charge in [-0.3, -0.25) is 4.68 Å². The SMILES string of the molecule is Cn1nccc1S(=O)(=O)NCCCCCl. The summed E-state index contributed by atoms with van der Waals surface area (Å²) in [6.45, 7) is 0.403. The van der Waals surface area contributed by atoms with Crippen molar-refractivity contribution in [2.24, 2.45) is 7.05 Å². The molecule has 0 aliphatic rings. The Bertz CT molecular complexity index is 402. The number of hydrogen-bond donors (Lipinski definition) is 1. The smallest absolute Gasteiger partial charge is 0.256 e. The van der Waals surface area contributed by atoms with Crippen molar-refractivity contribution >= 4 is 21.6 Å². The first-order valence-corrected chi connectivity index (χ1v) is 6.63. The summed E-state index contributed by atoms with van der Waals surface area (Å²) >= 11 is 5.48. The summed E-state index contributed by atoms with van der Waals surface area (Å²) in [5.41, 5.74) is 0. The van der Waals surface area contributed by atoms with Gasteiger partial charge in [-0.05, 0) is 18.9 Å². The fourth-order valence-corrected chi connectivity index (χ4v) is 2.51. The van der Waals surface area contributed by atoms with Gasteiger partial charge in [-0.25, -0.2) is 13.1 Å². The number of alkyl halides is 1. The van der Waals surface area contributed by atoms with Crippen molar-refractivity contribution in [3.8, 4) is 0 Å². The summed E-state index contributed by atoms with van der Waals surface area (Å²) in [6, 6.07) is 1.46. The molecule has 0 unspecified atom stereocenters. The van der Waals surface area contributed by atoms with E-state index in [9.17, 15) is 8.42 Å². The third-order valence-electron chi connectivity index (χ3n) is 1.90. The van der Waals surface area contributed by atoms with Crippen molar-refractivity contribution in [2.75, 3.05) is 12.4 Å². The molecule has 0 amide bonds. The number of hydrogen-bond acceptors (Lipinski definition) is 3. The van der Waals surface area contributed by atoms with E-state index in [-0.39, 0.29) is 5.03 Å². The molecule has 0 radical (unpaired) electrons. The Labute approximate surface area is 94.5 Å². The predicted molar refractivity (Wildman–Crippen MR) is 58.4 cm³/mol. The Morgan fingerprint density at radius 3 is 2.80 bits per heavy atom. The van der Waals surface area contributed by atoms with E-state index < -0.39 is 10.0 Å². The van der Waals surface area contributed by atoms with Gasteiger partial charge in [0, 0.05) is 19.5 Å². The Kier molecular flexibility index (Phi) is 4.56. The van der Waals surface area contributed by atoms with E-state index in [1.165, 1.54) is 16.9 Å². The van der Waals surface area contributed by atoms with Crippen LogP contribution in [0.25, 0.3) is 0 Å². The van der Waals surface area contributed by atoms with Crippen LogP contribution in [0.15, 0.2) is 17.3 Å². The summed E-state index contributed by atoms with van der Waals surface area (Å²) in [5, 5.41) is 3.98. The van der Waals surface area contributed by atoms with Crippen LogP contribution in [-0.2, 0) is 17.1 Å². The quantitative estimate of drug-likeness (QED) is 0.599. The minimum atomic E-state index is -3.42. The maximum absolute atomic E-state index is 11.7. The minimum Gasteiger partial charge on any atom is -0.256 e. The summed E-state index contributed by atoms with van der Waals surface area (Å²) in [5.74, 6) is 0.549.